The van der Waals surface area contributed by atoms with Crippen LogP contribution in [-0.2, 0) is 13.5 Å². The van der Waals surface area contributed by atoms with Crippen molar-refractivity contribution in [2.45, 2.75) is 12.5 Å². The van der Waals surface area contributed by atoms with E-state index in [1.54, 1.807) is 6.20 Å². The molecule has 2 unspecified atom stereocenters. The van der Waals surface area contributed by atoms with Crippen LogP contribution < -0.4 is 20.7 Å². The number of rotatable bonds is 4. The van der Waals surface area contributed by atoms with E-state index in [2.05, 4.69) is 33.4 Å². The Labute approximate surface area is 191 Å². The Morgan fingerprint density at radius 1 is 1.15 bits per heavy atom. The van der Waals surface area contributed by atoms with Gasteiger partial charge in [0.25, 0.3) is 0 Å². The van der Waals surface area contributed by atoms with Gasteiger partial charge in [-0.25, -0.2) is 4.98 Å². The summed E-state index contributed by atoms with van der Waals surface area (Å²) in [6.07, 6.45) is 4.48. The highest BCUT2D eigenvalue weighted by atomic mass is 16.5. The van der Waals surface area contributed by atoms with Crippen molar-refractivity contribution >= 4 is 22.5 Å². The van der Waals surface area contributed by atoms with Crippen molar-refractivity contribution in [1.82, 2.24) is 19.5 Å². The lowest BCUT2D eigenvalue weighted by Gasteiger charge is -2.23. The first-order valence-electron chi connectivity index (χ1n) is 11.4. The Morgan fingerprint density at radius 3 is 2.82 bits per heavy atom. The summed E-state index contributed by atoms with van der Waals surface area (Å²) in [5.74, 6) is 2.72. The molecular formula is C25H25N7O. The molecule has 3 aromatic heterocycles. The monoisotopic (exact) mass is 439 g/mol. The fourth-order valence-corrected chi connectivity index (χ4v) is 5.60. The van der Waals surface area contributed by atoms with Crippen LogP contribution in [-0.4, -0.2) is 45.7 Å². The van der Waals surface area contributed by atoms with Crippen LogP contribution in [0.2, 0.25) is 0 Å². The molecule has 1 saturated carbocycles. The SMILES string of the molecule is CNc1cccc2c1Cc1nc(Oc3cnc4c(ccn4C)c3)nc(N3CC4C(N)C4C3)c1-2. The first-order valence-corrected chi connectivity index (χ1v) is 11.4. The van der Waals surface area contributed by atoms with Crippen molar-refractivity contribution in [3.63, 3.8) is 0 Å². The number of nitrogens with two attached hydrogens (primary N) is 1. The van der Waals surface area contributed by atoms with Gasteiger partial charge in [-0.1, -0.05) is 12.1 Å². The molecule has 0 radical (unpaired) electrons. The number of benzene rings is 1. The van der Waals surface area contributed by atoms with Crippen molar-refractivity contribution in [3.05, 3.63) is 54.0 Å². The summed E-state index contributed by atoms with van der Waals surface area (Å²) in [7, 11) is 3.94. The second kappa shape index (κ2) is 6.68. The molecule has 0 bridgehead atoms. The zero-order chi connectivity index (χ0) is 22.3. The van der Waals surface area contributed by atoms with Crippen LogP contribution in [0.15, 0.2) is 42.7 Å². The van der Waals surface area contributed by atoms with Crippen molar-refractivity contribution in [2.75, 3.05) is 30.4 Å². The standard InChI is InChI=1S/C25H25N7O/c1-27-19-5-3-4-15-16(19)9-20-21(15)24(32-11-17-18(12-32)22(17)26)30-25(29-20)33-14-8-13-6-7-31(2)23(13)28-10-14/h3-8,10,17-18,22,27H,9,11-12,26H2,1-2H3. The first-order chi connectivity index (χ1) is 16.1. The number of nitrogens with one attached hydrogen (secondary N) is 1. The minimum absolute atomic E-state index is 0.332. The van der Waals surface area contributed by atoms with Crippen molar-refractivity contribution in [1.29, 1.82) is 0 Å². The lowest BCUT2D eigenvalue weighted by Crippen LogP contribution is -2.29. The number of aryl methyl sites for hydroxylation is 1. The maximum absolute atomic E-state index is 6.22. The third-order valence-electron chi connectivity index (χ3n) is 7.45. The van der Waals surface area contributed by atoms with Gasteiger partial charge >= 0.3 is 6.01 Å². The van der Waals surface area contributed by atoms with Crippen LogP contribution in [0.1, 0.15) is 11.3 Å². The van der Waals surface area contributed by atoms with E-state index in [9.17, 15) is 0 Å². The second-order valence-corrected chi connectivity index (χ2v) is 9.33. The van der Waals surface area contributed by atoms with Crippen molar-refractivity contribution in [3.8, 4) is 22.9 Å². The average Bonchev–Trinajstić information content (AvgIpc) is 3.24. The molecule has 0 spiro atoms. The molecule has 7 rings (SSSR count). The van der Waals surface area contributed by atoms with E-state index in [0.29, 0.717) is 29.6 Å². The van der Waals surface area contributed by atoms with E-state index < -0.39 is 0 Å². The Balaban J connectivity index is 1.31. The van der Waals surface area contributed by atoms with Crippen LogP contribution >= 0.6 is 0 Å². The number of hydrogen-bond donors (Lipinski definition) is 2. The van der Waals surface area contributed by atoms with Gasteiger partial charge < -0.3 is 25.3 Å². The van der Waals surface area contributed by atoms with Crippen molar-refractivity contribution in [2.24, 2.45) is 24.6 Å². The number of hydrogen-bond acceptors (Lipinski definition) is 7. The summed E-state index contributed by atoms with van der Waals surface area (Å²) in [5.41, 5.74) is 12.9. The zero-order valence-electron chi connectivity index (χ0n) is 18.6. The maximum Gasteiger partial charge on any atom is 0.324 e. The molecular weight excluding hydrogens is 414 g/mol. The van der Waals surface area contributed by atoms with Crippen LogP contribution in [0, 0.1) is 11.8 Å². The number of pyridine rings is 1. The van der Waals surface area contributed by atoms with E-state index in [1.165, 1.54) is 11.1 Å². The Morgan fingerprint density at radius 2 is 2.00 bits per heavy atom. The number of ether oxygens (including phenoxy) is 1. The molecule has 166 valence electrons. The quantitative estimate of drug-likeness (QED) is 0.444. The molecule has 4 heterocycles. The van der Waals surface area contributed by atoms with Gasteiger partial charge in [0.15, 0.2) is 0 Å². The van der Waals surface area contributed by atoms with Gasteiger partial charge in [0.05, 0.1) is 11.9 Å². The van der Waals surface area contributed by atoms with Gasteiger partial charge in [0.1, 0.15) is 17.2 Å². The average molecular weight is 440 g/mol. The fraction of sp³-hybridized carbons (Fsp3) is 0.320. The molecule has 8 nitrogen and oxygen atoms in total. The smallest absolute Gasteiger partial charge is 0.324 e. The van der Waals surface area contributed by atoms with Crippen LogP contribution in [0.25, 0.3) is 22.2 Å². The summed E-state index contributed by atoms with van der Waals surface area (Å²) in [6, 6.07) is 11.1. The lowest BCUT2D eigenvalue weighted by atomic mass is 10.1. The number of piperidine rings is 1. The third kappa shape index (κ3) is 2.77. The normalized spacial score (nSPS) is 22.3. The molecule has 2 aliphatic carbocycles. The summed E-state index contributed by atoms with van der Waals surface area (Å²) in [6.45, 7) is 1.88. The van der Waals surface area contributed by atoms with Crippen LogP contribution in [0.4, 0.5) is 11.5 Å². The van der Waals surface area contributed by atoms with Gasteiger partial charge in [0.2, 0.25) is 0 Å². The van der Waals surface area contributed by atoms with E-state index in [0.717, 1.165) is 53.3 Å². The second-order valence-electron chi connectivity index (χ2n) is 9.33. The largest absolute Gasteiger partial charge is 0.423 e. The highest BCUT2D eigenvalue weighted by Crippen LogP contribution is 2.50. The Kier molecular flexibility index (Phi) is 3.82. The topological polar surface area (TPSA) is 94.1 Å². The summed E-state index contributed by atoms with van der Waals surface area (Å²) in [5, 5.41) is 4.35. The number of fused-ring (bicyclic) bond motifs is 5. The van der Waals surface area contributed by atoms with Gasteiger partial charge in [-0.3, -0.25) is 0 Å². The molecule has 2 atom stereocenters. The molecule has 0 amide bonds. The highest BCUT2D eigenvalue weighted by Gasteiger charge is 2.54. The summed E-state index contributed by atoms with van der Waals surface area (Å²) >= 11 is 0. The van der Waals surface area contributed by atoms with Crippen molar-refractivity contribution < 1.29 is 4.74 Å². The molecule has 3 aliphatic rings. The maximum atomic E-state index is 6.22. The highest BCUT2D eigenvalue weighted by molar-refractivity contribution is 5.88. The molecule has 33 heavy (non-hydrogen) atoms. The van der Waals surface area contributed by atoms with Gasteiger partial charge in [-0.15, -0.1) is 0 Å². The van der Waals surface area contributed by atoms with E-state index in [4.69, 9.17) is 20.4 Å². The van der Waals surface area contributed by atoms with E-state index >= 15 is 0 Å². The lowest BCUT2D eigenvalue weighted by molar-refractivity contribution is 0.439. The number of aromatic nitrogens is 4. The third-order valence-corrected chi connectivity index (χ3v) is 7.45. The molecule has 4 aromatic rings. The Bertz CT molecular complexity index is 1420. The zero-order valence-corrected chi connectivity index (χ0v) is 18.6. The predicted octanol–water partition coefficient (Wildman–Crippen LogP) is 3.16. The minimum Gasteiger partial charge on any atom is -0.423 e. The minimum atomic E-state index is 0.332. The molecule has 1 aliphatic heterocycles. The number of anilines is 2. The summed E-state index contributed by atoms with van der Waals surface area (Å²) < 4.78 is 8.16. The Hall–Kier alpha value is -3.65. The van der Waals surface area contributed by atoms with E-state index in [-0.39, 0.29) is 0 Å². The van der Waals surface area contributed by atoms with Gasteiger partial charge in [0, 0.05) is 62.5 Å². The molecule has 2 fully saturated rings. The van der Waals surface area contributed by atoms with Gasteiger partial charge in [-0.05, 0) is 41.2 Å². The molecule has 3 N–H and O–H groups in total. The molecule has 1 aromatic carbocycles. The first kappa shape index (κ1) is 18.9. The fourth-order valence-electron chi connectivity index (χ4n) is 5.60. The van der Waals surface area contributed by atoms with E-state index in [1.807, 2.05) is 37.0 Å². The van der Waals surface area contributed by atoms with Crippen LogP contribution in [0.3, 0.4) is 0 Å². The predicted molar refractivity (Wildman–Crippen MR) is 128 cm³/mol. The molecule has 1 saturated heterocycles. The van der Waals surface area contributed by atoms with Gasteiger partial charge in [-0.2, -0.15) is 9.97 Å². The molecule has 8 heteroatoms. The number of nitrogens with zero attached hydrogens (tertiary/aromatic N) is 5. The van der Waals surface area contributed by atoms with Crippen LogP contribution in [0.5, 0.6) is 11.8 Å². The summed E-state index contributed by atoms with van der Waals surface area (Å²) in [4.78, 5) is 16.7.